The Bertz CT molecular complexity index is 789. The lowest BCUT2D eigenvalue weighted by Gasteiger charge is -2.02. The minimum Gasteiger partial charge on any atom is -0.256 e. The second-order valence-electron chi connectivity index (χ2n) is 4.40. The number of fused-ring (bicyclic) bond motifs is 1. The molecule has 3 heteroatoms. The van der Waals surface area contributed by atoms with Crippen LogP contribution in [-0.2, 0) is 0 Å². The average Bonchev–Trinajstić information content (AvgIpc) is 2.49. The number of benzene rings is 3. The van der Waals surface area contributed by atoms with Gasteiger partial charge in [0.05, 0.1) is 15.7 Å². The van der Waals surface area contributed by atoms with E-state index in [4.69, 9.17) is 23.2 Å². The molecular weight excluding hydrogens is 289 g/mol. The largest absolute Gasteiger partial charge is 0.256 e. The molecule has 3 aromatic rings. The Morgan fingerprint density at radius 1 is 0.800 bits per heavy atom. The summed E-state index contributed by atoms with van der Waals surface area (Å²) in [4.78, 5) is 4.54. The highest BCUT2D eigenvalue weighted by Gasteiger charge is 2.02. The van der Waals surface area contributed by atoms with Crippen molar-refractivity contribution in [3.8, 4) is 0 Å². The van der Waals surface area contributed by atoms with Crippen molar-refractivity contribution in [1.29, 1.82) is 0 Å². The predicted octanol–water partition coefficient (Wildman–Crippen LogP) is 5.90. The van der Waals surface area contributed by atoms with E-state index in [9.17, 15) is 0 Å². The van der Waals surface area contributed by atoms with Crippen molar-refractivity contribution in [3.05, 3.63) is 76.3 Å². The van der Waals surface area contributed by atoms with Gasteiger partial charge >= 0.3 is 0 Å². The van der Waals surface area contributed by atoms with Gasteiger partial charge in [-0.15, -0.1) is 0 Å². The fourth-order valence-electron chi connectivity index (χ4n) is 2.08. The summed E-state index contributed by atoms with van der Waals surface area (Å²) in [7, 11) is 0. The molecule has 0 N–H and O–H groups in total. The minimum absolute atomic E-state index is 0.526. The third kappa shape index (κ3) is 2.55. The van der Waals surface area contributed by atoms with Crippen LogP contribution in [0, 0.1) is 0 Å². The van der Waals surface area contributed by atoms with Crippen LogP contribution in [0.25, 0.3) is 10.8 Å². The topological polar surface area (TPSA) is 12.4 Å². The molecular formula is C17H11Cl2N. The molecule has 1 nitrogen and oxygen atoms in total. The SMILES string of the molecule is Clc1cccc(C=Nc2cccc3ccccc23)c1Cl. The highest BCUT2D eigenvalue weighted by molar-refractivity contribution is 6.43. The minimum atomic E-state index is 0.526. The molecule has 3 rings (SSSR count). The van der Waals surface area contributed by atoms with Gasteiger partial charge in [-0.1, -0.05) is 71.7 Å². The molecule has 0 radical (unpaired) electrons. The van der Waals surface area contributed by atoms with E-state index >= 15 is 0 Å². The van der Waals surface area contributed by atoms with E-state index in [0.717, 1.165) is 16.6 Å². The molecule has 0 aromatic heterocycles. The van der Waals surface area contributed by atoms with E-state index in [1.807, 2.05) is 36.4 Å². The highest BCUT2D eigenvalue weighted by Crippen LogP contribution is 2.27. The van der Waals surface area contributed by atoms with E-state index < -0.39 is 0 Å². The number of hydrogen-bond donors (Lipinski definition) is 0. The number of rotatable bonds is 2. The van der Waals surface area contributed by atoms with Crippen LogP contribution in [0.5, 0.6) is 0 Å². The first-order valence-electron chi connectivity index (χ1n) is 6.21. The van der Waals surface area contributed by atoms with Crippen LogP contribution in [0.3, 0.4) is 0 Å². The summed E-state index contributed by atoms with van der Waals surface area (Å²) in [5.41, 5.74) is 1.73. The second kappa shape index (κ2) is 5.66. The molecule has 0 aliphatic heterocycles. The van der Waals surface area contributed by atoms with Gasteiger partial charge in [0.2, 0.25) is 0 Å². The Morgan fingerprint density at radius 3 is 2.45 bits per heavy atom. The predicted molar refractivity (Wildman–Crippen MR) is 87.7 cm³/mol. The lowest BCUT2D eigenvalue weighted by Crippen LogP contribution is -1.83. The smallest absolute Gasteiger partial charge is 0.0708 e. The molecule has 0 fully saturated rings. The van der Waals surface area contributed by atoms with Gasteiger partial charge < -0.3 is 0 Å². The van der Waals surface area contributed by atoms with Gasteiger partial charge in [-0.05, 0) is 17.5 Å². The maximum Gasteiger partial charge on any atom is 0.0708 e. The quantitative estimate of drug-likeness (QED) is 0.523. The van der Waals surface area contributed by atoms with Crippen LogP contribution in [0.2, 0.25) is 10.0 Å². The zero-order chi connectivity index (χ0) is 13.9. The normalized spacial score (nSPS) is 11.3. The third-order valence-corrected chi connectivity index (χ3v) is 3.92. The van der Waals surface area contributed by atoms with E-state index in [1.54, 1.807) is 12.3 Å². The standard InChI is InChI=1S/C17H11Cl2N/c18-15-9-3-7-13(17(15)19)11-20-16-10-4-6-12-5-1-2-8-14(12)16/h1-11H. The van der Waals surface area contributed by atoms with Gasteiger partial charge in [0.15, 0.2) is 0 Å². The van der Waals surface area contributed by atoms with E-state index in [2.05, 4.69) is 23.2 Å². The number of nitrogens with zero attached hydrogens (tertiary/aromatic N) is 1. The van der Waals surface area contributed by atoms with E-state index in [0.29, 0.717) is 10.0 Å². The van der Waals surface area contributed by atoms with Crippen LogP contribution in [0.15, 0.2) is 65.7 Å². The molecule has 98 valence electrons. The Hall–Kier alpha value is -1.83. The number of aliphatic imine (C=N–C) groups is 1. The van der Waals surface area contributed by atoms with Crippen molar-refractivity contribution in [2.75, 3.05) is 0 Å². The zero-order valence-electron chi connectivity index (χ0n) is 10.6. The summed E-state index contributed by atoms with van der Waals surface area (Å²) >= 11 is 12.2. The summed E-state index contributed by atoms with van der Waals surface area (Å²) in [5, 5.41) is 3.34. The Labute approximate surface area is 127 Å². The number of hydrogen-bond acceptors (Lipinski definition) is 1. The fraction of sp³-hybridized carbons (Fsp3) is 0. The van der Waals surface area contributed by atoms with E-state index in [1.165, 1.54) is 5.39 Å². The molecule has 0 amide bonds. The van der Waals surface area contributed by atoms with Gasteiger partial charge in [0.25, 0.3) is 0 Å². The van der Waals surface area contributed by atoms with Crippen molar-refractivity contribution in [2.24, 2.45) is 4.99 Å². The number of halogens is 2. The molecule has 0 aliphatic rings. The Balaban J connectivity index is 2.05. The fourth-order valence-corrected chi connectivity index (χ4v) is 2.44. The summed E-state index contributed by atoms with van der Waals surface area (Å²) in [5.74, 6) is 0. The molecule has 0 heterocycles. The summed E-state index contributed by atoms with van der Waals surface area (Å²) in [6.45, 7) is 0. The van der Waals surface area contributed by atoms with Crippen molar-refractivity contribution < 1.29 is 0 Å². The molecule has 0 atom stereocenters. The summed E-state index contributed by atoms with van der Waals surface area (Å²) in [6, 6.07) is 19.7. The van der Waals surface area contributed by atoms with Crippen molar-refractivity contribution in [1.82, 2.24) is 0 Å². The maximum atomic E-state index is 6.15. The van der Waals surface area contributed by atoms with Crippen LogP contribution in [-0.4, -0.2) is 6.21 Å². The van der Waals surface area contributed by atoms with Crippen LogP contribution < -0.4 is 0 Å². The first-order valence-corrected chi connectivity index (χ1v) is 6.97. The molecule has 0 saturated carbocycles. The summed E-state index contributed by atoms with van der Waals surface area (Å²) in [6.07, 6.45) is 1.75. The third-order valence-electron chi connectivity index (χ3n) is 3.09. The van der Waals surface area contributed by atoms with Gasteiger partial charge in [0.1, 0.15) is 0 Å². The molecule has 0 aliphatic carbocycles. The lowest BCUT2D eigenvalue weighted by molar-refractivity contribution is 1.56. The molecule has 0 spiro atoms. The van der Waals surface area contributed by atoms with Crippen molar-refractivity contribution in [3.63, 3.8) is 0 Å². The van der Waals surface area contributed by atoms with Gasteiger partial charge in [0, 0.05) is 17.2 Å². The zero-order valence-corrected chi connectivity index (χ0v) is 12.1. The van der Waals surface area contributed by atoms with Gasteiger partial charge in [-0.25, -0.2) is 0 Å². The van der Waals surface area contributed by atoms with Gasteiger partial charge in [-0.2, -0.15) is 0 Å². The van der Waals surface area contributed by atoms with Crippen molar-refractivity contribution >= 4 is 45.9 Å². The first-order chi connectivity index (χ1) is 9.75. The maximum absolute atomic E-state index is 6.15. The Morgan fingerprint density at radius 2 is 1.55 bits per heavy atom. The van der Waals surface area contributed by atoms with Crippen LogP contribution in [0.1, 0.15) is 5.56 Å². The second-order valence-corrected chi connectivity index (χ2v) is 5.18. The Kier molecular flexibility index (Phi) is 3.72. The molecule has 0 bridgehead atoms. The first kappa shape index (κ1) is 13.2. The average molecular weight is 300 g/mol. The summed E-state index contributed by atoms with van der Waals surface area (Å²) < 4.78 is 0. The molecule has 20 heavy (non-hydrogen) atoms. The van der Waals surface area contributed by atoms with Crippen molar-refractivity contribution in [2.45, 2.75) is 0 Å². The van der Waals surface area contributed by atoms with Gasteiger partial charge in [-0.3, -0.25) is 4.99 Å². The molecule has 0 unspecified atom stereocenters. The highest BCUT2D eigenvalue weighted by atomic mass is 35.5. The molecule has 0 saturated heterocycles. The lowest BCUT2D eigenvalue weighted by atomic mass is 10.1. The van der Waals surface area contributed by atoms with E-state index in [-0.39, 0.29) is 0 Å². The van der Waals surface area contributed by atoms with Crippen LogP contribution >= 0.6 is 23.2 Å². The molecule has 3 aromatic carbocycles. The monoisotopic (exact) mass is 299 g/mol. The van der Waals surface area contributed by atoms with Crippen LogP contribution in [0.4, 0.5) is 5.69 Å².